The largest absolute Gasteiger partial charge is 0.379 e. The van der Waals surface area contributed by atoms with Crippen LogP contribution < -0.4 is 16.0 Å². The Labute approximate surface area is 246 Å². The van der Waals surface area contributed by atoms with E-state index in [-0.39, 0.29) is 24.7 Å². The lowest BCUT2D eigenvalue weighted by Gasteiger charge is -2.27. The number of morpholine rings is 1. The SMILES string of the molecule is C[C@H](NC(=O)CN1CCOCC1)C(=O)N[C@@H](Cc1ccc2cc[nH]c2c1)C(=O)N[C@@H](CC1CCCC1)C(=O)[C@]1(C)CO1. The number of nitrogens with one attached hydrogen (secondary N) is 4. The molecule has 1 saturated carbocycles. The summed E-state index contributed by atoms with van der Waals surface area (Å²) in [5.41, 5.74) is 0.910. The number of amides is 3. The fraction of sp³-hybridized carbons (Fsp3) is 0.613. The molecular formula is C31H43N5O6. The third-order valence-electron chi connectivity index (χ3n) is 8.71. The van der Waals surface area contributed by atoms with Crippen LogP contribution in [0.1, 0.15) is 51.5 Å². The van der Waals surface area contributed by atoms with Gasteiger partial charge in [0.15, 0.2) is 5.78 Å². The molecule has 0 spiro atoms. The highest BCUT2D eigenvalue weighted by atomic mass is 16.6. The third-order valence-corrected chi connectivity index (χ3v) is 8.71. The van der Waals surface area contributed by atoms with Crippen LogP contribution in [-0.2, 0) is 35.1 Å². The van der Waals surface area contributed by atoms with Crippen molar-refractivity contribution in [1.82, 2.24) is 25.8 Å². The van der Waals surface area contributed by atoms with Crippen LogP contribution in [0.4, 0.5) is 0 Å². The van der Waals surface area contributed by atoms with Crippen LogP contribution in [0.15, 0.2) is 30.5 Å². The Kier molecular flexibility index (Phi) is 9.60. The van der Waals surface area contributed by atoms with Crippen molar-refractivity contribution in [3.63, 3.8) is 0 Å². The molecule has 4 N–H and O–H groups in total. The molecule has 1 aromatic carbocycles. The van der Waals surface area contributed by atoms with Gasteiger partial charge in [0, 0.05) is 31.2 Å². The molecule has 5 rings (SSSR count). The molecule has 42 heavy (non-hydrogen) atoms. The van der Waals surface area contributed by atoms with Crippen LogP contribution in [0.25, 0.3) is 10.9 Å². The number of carbonyl (C=O) groups excluding carboxylic acids is 4. The first-order valence-electron chi connectivity index (χ1n) is 15.1. The topological polar surface area (TPSA) is 145 Å². The van der Waals surface area contributed by atoms with Crippen LogP contribution in [0.3, 0.4) is 0 Å². The predicted molar refractivity (Wildman–Crippen MR) is 157 cm³/mol. The number of Topliss-reactive ketones (excluding diaryl/α,β-unsaturated/α-hetero) is 1. The van der Waals surface area contributed by atoms with Gasteiger partial charge in [0.2, 0.25) is 17.7 Å². The van der Waals surface area contributed by atoms with E-state index in [2.05, 4.69) is 20.9 Å². The number of ether oxygens (including phenoxy) is 2. The standard InChI is InChI=1S/C31H43N5O6/c1-20(33-27(37)18-36-11-13-41-14-12-36)29(39)35-26(17-22-7-8-23-9-10-32-24(23)16-22)30(40)34-25(15-21-5-3-4-6-21)28(38)31(2)19-42-31/h7-10,16,20-21,25-26,32H,3-6,11-15,17-19H2,1-2H3,(H,33,37)(H,34,40)(H,35,39)/t20-,25-,26-,31-/m0/s1. The van der Waals surface area contributed by atoms with E-state index in [1.165, 1.54) is 0 Å². The minimum Gasteiger partial charge on any atom is -0.379 e. The van der Waals surface area contributed by atoms with Crippen molar-refractivity contribution >= 4 is 34.4 Å². The number of carbonyl (C=O) groups is 4. The summed E-state index contributed by atoms with van der Waals surface area (Å²) in [6.45, 7) is 6.35. The highest BCUT2D eigenvalue weighted by Crippen LogP contribution is 2.33. The molecular weight excluding hydrogens is 538 g/mol. The normalized spacial score (nSPS) is 23.2. The molecule has 2 aromatic rings. The number of H-pyrrole nitrogens is 1. The first kappa shape index (κ1) is 30.2. The van der Waals surface area contributed by atoms with Gasteiger partial charge in [-0.15, -0.1) is 0 Å². The van der Waals surface area contributed by atoms with E-state index in [4.69, 9.17) is 9.47 Å². The molecule has 4 atom stereocenters. The number of aromatic nitrogens is 1. The van der Waals surface area contributed by atoms with Gasteiger partial charge in [0.05, 0.1) is 32.4 Å². The van der Waals surface area contributed by atoms with Gasteiger partial charge in [-0.25, -0.2) is 0 Å². The van der Waals surface area contributed by atoms with Gasteiger partial charge in [0.1, 0.15) is 17.7 Å². The first-order chi connectivity index (χ1) is 20.2. The van der Waals surface area contributed by atoms with Crippen LogP contribution in [0, 0.1) is 5.92 Å². The summed E-state index contributed by atoms with van der Waals surface area (Å²) in [5, 5.41) is 9.63. The zero-order valence-electron chi connectivity index (χ0n) is 24.6. The minimum absolute atomic E-state index is 0.121. The molecule has 0 bridgehead atoms. The van der Waals surface area contributed by atoms with E-state index in [0.29, 0.717) is 45.2 Å². The number of nitrogens with zero attached hydrogens (tertiary/aromatic N) is 1. The summed E-state index contributed by atoms with van der Waals surface area (Å²) in [7, 11) is 0. The molecule has 0 unspecified atom stereocenters. The Hall–Kier alpha value is -3.28. The Morgan fingerprint density at radius 2 is 1.74 bits per heavy atom. The molecule has 3 fully saturated rings. The number of rotatable bonds is 13. The summed E-state index contributed by atoms with van der Waals surface area (Å²) in [4.78, 5) is 58.2. The van der Waals surface area contributed by atoms with Crippen molar-refractivity contribution in [2.75, 3.05) is 39.5 Å². The third kappa shape index (κ3) is 7.76. The zero-order valence-corrected chi connectivity index (χ0v) is 24.6. The summed E-state index contributed by atoms with van der Waals surface area (Å²) < 4.78 is 10.8. The Morgan fingerprint density at radius 3 is 2.45 bits per heavy atom. The van der Waals surface area contributed by atoms with E-state index in [1.54, 1.807) is 13.8 Å². The van der Waals surface area contributed by atoms with Gasteiger partial charge in [0.25, 0.3) is 0 Å². The molecule has 11 nitrogen and oxygen atoms in total. The second-order valence-electron chi connectivity index (χ2n) is 12.2. The van der Waals surface area contributed by atoms with E-state index in [9.17, 15) is 19.2 Å². The second kappa shape index (κ2) is 13.4. The lowest BCUT2D eigenvalue weighted by Crippen LogP contribution is -2.57. The van der Waals surface area contributed by atoms with Gasteiger partial charge in [-0.3, -0.25) is 24.1 Å². The van der Waals surface area contributed by atoms with E-state index in [1.807, 2.05) is 35.4 Å². The van der Waals surface area contributed by atoms with Crippen molar-refractivity contribution in [3.05, 3.63) is 36.0 Å². The average Bonchev–Trinajstić information content (AvgIpc) is 3.32. The molecule has 3 aliphatic rings. The number of benzene rings is 1. The van der Waals surface area contributed by atoms with E-state index in [0.717, 1.165) is 42.1 Å². The van der Waals surface area contributed by atoms with Crippen LogP contribution >= 0.6 is 0 Å². The molecule has 0 radical (unpaired) electrons. The lowest BCUT2D eigenvalue weighted by molar-refractivity contribution is -0.134. The summed E-state index contributed by atoms with van der Waals surface area (Å²) in [6.07, 6.45) is 6.96. The molecule has 3 amide bonds. The number of epoxide rings is 1. The van der Waals surface area contributed by atoms with E-state index >= 15 is 0 Å². The van der Waals surface area contributed by atoms with Gasteiger partial charge >= 0.3 is 0 Å². The average molecular weight is 582 g/mol. The molecule has 11 heteroatoms. The maximum Gasteiger partial charge on any atom is 0.243 e. The Morgan fingerprint density at radius 1 is 1.02 bits per heavy atom. The second-order valence-corrected chi connectivity index (χ2v) is 12.2. The van der Waals surface area contributed by atoms with Gasteiger partial charge in [-0.1, -0.05) is 37.8 Å². The van der Waals surface area contributed by atoms with Gasteiger partial charge in [-0.2, -0.15) is 0 Å². The van der Waals surface area contributed by atoms with E-state index < -0.39 is 35.5 Å². The maximum atomic E-state index is 13.8. The summed E-state index contributed by atoms with van der Waals surface area (Å²) >= 11 is 0. The van der Waals surface area contributed by atoms with Crippen molar-refractivity contribution < 1.29 is 28.7 Å². The number of hydrogen-bond donors (Lipinski definition) is 4. The number of fused-ring (bicyclic) bond motifs is 1. The highest BCUT2D eigenvalue weighted by Gasteiger charge is 2.50. The quantitative estimate of drug-likeness (QED) is 0.262. The van der Waals surface area contributed by atoms with Crippen molar-refractivity contribution in [2.45, 2.75) is 76.1 Å². The number of hydrogen-bond acceptors (Lipinski definition) is 7. The first-order valence-corrected chi connectivity index (χ1v) is 15.1. The maximum absolute atomic E-state index is 13.8. The number of ketones is 1. The predicted octanol–water partition coefficient (Wildman–Crippen LogP) is 1.46. The minimum atomic E-state index is -0.949. The molecule has 2 saturated heterocycles. The van der Waals surface area contributed by atoms with Crippen LogP contribution in [0.2, 0.25) is 0 Å². The van der Waals surface area contributed by atoms with Crippen molar-refractivity contribution in [2.24, 2.45) is 5.92 Å². The molecule has 1 aromatic heterocycles. The summed E-state index contributed by atoms with van der Waals surface area (Å²) in [6, 6.07) is 5.32. The van der Waals surface area contributed by atoms with Gasteiger partial charge < -0.3 is 30.4 Å². The lowest BCUT2D eigenvalue weighted by atomic mass is 9.90. The Balaban J connectivity index is 1.28. The van der Waals surface area contributed by atoms with Gasteiger partial charge in [-0.05, 0) is 49.3 Å². The molecule has 228 valence electrons. The smallest absolute Gasteiger partial charge is 0.243 e. The van der Waals surface area contributed by atoms with Crippen molar-refractivity contribution in [3.8, 4) is 0 Å². The molecule has 1 aliphatic carbocycles. The fourth-order valence-electron chi connectivity index (χ4n) is 5.98. The molecule has 2 aliphatic heterocycles. The monoisotopic (exact) mass is 581 g/mol. The van der Waals surface area contributed by atoms with Crippen molar-refractivity contribution in [1.29, 1.82) is 0 Å². The number of aromatic amines is 1. The molecule has 3 heterocycles. The Bertz CT molecular complexity index is 1280. The highest BCUT2D eigenvalue weighted by molar-refractivity contribution is 5.98. The fourth-order valence-corrected chi connectivity index (χ4v) is 5.98. The summed E-state index contributed by atoms with van der Waals surface area (Å²) in [5.74, 6) is -0.918. The van der Waals surface area contributed by atoms with Crippen LogP contribution in [0.5, 0.6) is 0 Å². The van der Waals surface area contributed by atoms with Crippen LogP contribution in [-0.4, -0.2) is 96.6 Å². The zero-order chi connectivity index (χ0) is 29.7.